The van der Waals surface area contributed by atoms with Crippen molar-refractivity contribution in [2.24, 2.45) is 0 Å². The summed E-state index contributed by atoms with van der Waals surface area (Å²) in [7, 11) is 1.82. The first-order valence-corrected chi connectivity index (χ1v) is 4.28. The molecule has 0 aliphatic rings. The van der Waals surface area contributed by atoms with Gasteiger partial charge in [0, 0.05) is 6.04 Å². The number of likely N-dealkylation sites (N-methyl/N-ethyl adjacent to an activating group) is 1. The van der Waals surface area contributed by atoms with Crippen LogP contribution in [0, 0.1) is 5.82 Å². The van der Waals surface area contributed by atoms with Crippen LogP contribution in [0.1, 0.15) is 12.5 Å². The second kappa shape index (κ2) is 4.23. The Morgan fingerprint density at radius 2 is 2.23 bits per heavy atom. The number of aromatic hydroxyl groups is 1. The van der Waals surface area contributed by atoms with Crippen molar-refractivity contribution < 1.29 is 9.50 Å². The van der Waals surface area contributed by atoms with E-state index in [1.165, 1.54) is 6.07 Å². The summed E-state index contributed by atoms with van der Waals surface area (Å²) in [4.78, 5) is 0. The van der Waals surface area contributed by atoms with E-state index < -0.39 is 5.82 Å². The highest BCUT2D eigenvalue weighted by molar-refractivity contribution is 5.30. The third-order valence-electron chi connectivity index (χ3n) is 2.08. The molecule has 0 amide bonds. The predicted octanol–water partition coefficient (Wildman–Crippen LogP) is 1.68. The molecular weight excluding hydrogens is 169 g/mol. The zero-order chi connectivity index (χ0) is 9.84. The average Bonchev–Trinajstić information content (AvgIpc) is 2.13. The van der Waals surface area contributed by atoms with E-state index in [4.69, 9.17) is 5.11 Å². The maximum absolute atomic E-state index is 13.2. The Hall–Kier alpha value is -1.09. The van der Waals surface area contributed by atoms with Crippen molar-refractivity contribution in [1.82, 2.24) is 5.32 Å². The zero-order valence-corrected chi connectivity index (χ0v) is 7.84. The van der Waals surface area contributed by atoms with Crippen LogP contribution in [-0.4, -0.2) is 18.2 Å². The van der Waals surface area contributed by atoms with Gasteiger partial charge in [-0.15, -0.1) is 0 Å². The third kappa shape index (κ3) is 2.42. The second-order valence-corrected chi connectivity index (χ2v) is 3.14. The van der Waals surface area contributed by atoms with Crippen molar-refractivity contribution in [2.75, 3.05) is 7.05 Å². The van der Waals surface area contributed by atoms with E-state index in [9.17, 15) is 4.39 Å². The van der Waals surface area contributed by atoms with Crippen LogP contribution in [0.3, 0.4) is 0 Å². The first kappa shape index (κ1) is 9.99. The summed E-state index contributed by atoms with van der Waals surface area (Å²) in [5.41, 5.74) is 0.543. The molecule has 0 aromatic heterocycles. The molecule has 0 radical (unpaired) electrons. The van der Waals surface area contributed by atoms with Gasteiger partial charge in [-0.2, -0.15) is 0 Å². The van der Waals surface area contributed by atoms with E-state index in [1.54, 1.807) is 12.1 Å². The van der Waals surface area contributed by atoms with Gasteiger partial charge in [-0.25, -0.2) is 4.39 Å². The summed E-state index contributed by atoms with van der Waals surface area (Å²) in [6.45, 7) is 1.96. The highest BCUT2D eigenvalue weighted by atomic mass is 19.1. The lowest BCUT2D eigenvalue weighted by Crippen LogP contribution is -2.23. The van der Waals surface area contributed by atoms with Crippen LogP contribution < -0.4 is 5.32 Å². The summed E-state index contributed by atoms with van der Waals surface area (Å²) in [5.74, 6) is -0.787. The van der Waals surface area contributed by atoms with Gasteiger partial charge in [0.1, 0.15) is 0 Å². The summed E-state index contributed by atoms with van der Waals surface area (Å²) in [6, 6.07) is 4.89. The Morgan fingerprint density at radius 3 is 2.85 bits per heavy atom. The minimum absolute atomic E-state index is 0.205. The summed E-state index contributed by atoms with van der Waals surface area (Å²) < 4.78 is 13.2. The Bertz CT molecular complexity index is 288. The number of rotatable bonds is 3. The molecule has 2 nitrogen and oxygen atoms in total. The van der Waals surface area contributed by atoms with Crippen LogP contribution >= 0.6 is 0 Å². The molecule has 0 heterocycles. The standard InChI is InChI=1S/C10H14FNO/c1-7(12-2)6-8-4-3-5-9(13)10(8)11/h3-5,7,12-13H,6H2,1-2H3. The molecule has 1 aromatic carbocycles. The molecule has 0 fully saturated rings. The molecule has 0 bridgehead atoms. The fraction of sp³-hybridized carbons (Fsp3) is 0.400. The van der Waals surface area contributed by atoms with Crippen molar-refractivity contribution in [3.63, 3.8) is 0 Å². The van der Waals surface area contributed by atoms with Crippen LogP contribution in [-0.2, 0) is 6.42 Å². The lowest BCUT2D eigenvalue weighted by Gasteiger charge is -2.10. The van der Waals surface area contributed by atoms with Gasteiger partial charge in [-0.3, -0.25) is 0 Å². The molecule has 3 heteroatoms. The number of phenols is 1. The fourth-order valence-corrected chi connectivity index (χ4v) is 1.16. The molecule has 1 unspecified atom stereocenters. The van der Waals surface area contributed by atoms with Gasteiger partial charge in [-0.05, 0) is 32.0 Å². The van der Waals surface area contributed by atoms with Crippen LogP contribution in [0.15, 0.2) is 18.2 Å². The lowest BCUT2D eigenvalue weighted by atomic mass is 10.1. The SMILES string of the molecule is CNC(C)Cc1cccc(O)c1F. The van der Waals surface area contributed by atoms with Gasteiger partial charge in [-0.1, -0.05) is 12.1 Å². The monoisotopic (exact) mass is 183 g/mol. The first-order valence-electron chi connectivity index (χ1n) is 4.28. The molecule has 1 atom stereocenters. The minimum Gasteiger partial charge on any atom is -0.505 e. The number of hydrogen-bond donors (Lipinski definition) is 2. The van der Waals surface area contributed by atoms with Crippen molar-refractivity contribution >= 4 is 0 Å². The Morgan fingerprint density at radius 1 is 1.54 bits per heavy atom. The van der Waals surface area contributed by atoms with Gasteiger partial charge in [0.05, 0.1) is 0 Å². The Kier molecular flexibility index (Phi) is 3.25. The largest absolute Gasteiger partial charge is 0.505 e. The van der Waals surface area contributed by atoms with E-state index >= 15 is 0 Å². The molecule has 72 valence electrons. The van der Waals surface area contributed by atoms with Crippen molar-refractivity contribution in [2.45, 2.75) is 19.4 Å². The maximum atomic E-state index is 13.2. The number of nitrogens with one attached hydrogen (secondary N) is 1. The van der Waals surface area contributed by atoms with Crippen LogP contribution in [0.2, 0.25) is 0 Å². The second-order valence-electron chi connectivity index (χ2n) is 3.14. The topological polar surface area (TPSA) is 32.3 Å². The van der Waals surface area contributed by atoms with Crippen LogP contribution in [0.5, 0.6) is 5.75 Å². The van der Waals surface area contributed by atoms with E-state index in [0.29, 0.717) is 12.0 Å². The Balaban J connectivity index is 2.83. The molecule has 2 N–H and O–H groups in total. The van der Waals surface area contributed by atoms with Crippen LogP contribution in [0.25, 0.3) is 0 Å². The number of benzene rings is 1. The van der Waals surface area contributed by atoms with E-state index in [0.717, 1.165) is 0 Å². The maximum Gasteiger partial charge on any atom is 0.168 e. The molecule has 0 spiro atoms. The molecule has 1 rings (SSSR count). The van der Waals surface area contributed by atoms with Crippen LogP contribution in [0.4, 0.5) is 4.39 Å². The van der Waals surface area contributed by atoms with Gasteiger partial charge >= 0.3 is 0 Å². The smallest absolute Gasteiger partial charge is 0.168 e. The van der Waals surface area contributed by atoms with Gasteiger partial charge in [0.25, 0.3) is 0 Å². The third-order valence-corrected chi connectivity index (χ3v) is 2.08. The summed E-state index contributed by atoms with van der Waals surface area (Å²) >= 11 is 0. The zero-order valence-electron chi connectivity index (χ0n) is 7.84. The van der Waals surface area contributed by atoms with Gasteiger partial charge < -0.3 is 10.4 Å². The van der Waals surface area contributed by atoms with Gasteiger partial charge in [0.15, 0.2) is 11.6 Å². The summed E-state index contributed by atoms with van der Waals surface area (Å²) in [5, 5.41) is 12.1. The first-order chi connectivity index (χ1) is 6.15. The molecule has 0 aliphatic carbocycles. The highest BCUT2D eigenvalue weighted by Crippen LogP contribution is 2.19. The molecule has 0 aliphatic heterocycles. The molecule has 1 aromatic rings. The quantitative estimate of drug-likeness (QED) is 0.747. The normalized spacial score (nSPS) is 12.8. The van der Waals surface area contributed by atoms with E-state index in [2.05, 4.69) is 5.32 Å². The number of hydrogen-bond acceptors (Lipinski definition) is 2. The van der Waals surface area contributed by atoms with Gasteiger partial charge in [0.2, 0.25) is 0 Å². The molecule has 0 saturated carbocycles. The van der Waals surface area contributed by atoms with Crippen molar-refractivity contribution in [3.8, 4) is 5.75 Å². The predicted molar refractivity (Wildman–Crippen MR) is 50.3 cm³/mol. The number of halogens is 1. The fourth-order valence-electron chi connectivity index (χ4n) is 1.16. The molecule has 13 heavy (non-hydrogen) atoms. The average molecular weight is 183 g/mol. The lowest BCUT2D eigenvalue weighted by molar-refractivity contribution is 0.426. The molecule has 0 saturated heterocycles. The number of phenolic OH excluding ortho intramolecular Hbond substituents is 1. The Labute approximate surface area is 77.4 Å². The van der Waals surface area contributed by atoms with Crippen molar-refractivity contribution in [3.05, 3.63) is 29.6 Å². The highest BCUT2D eigenvalue weighted by Gasteiger charge is 2.08. The van der Waals surface area contributed by atoms with Crippen molar-refractivity contribution in [1.29, 1.82) is 0 Å². The minimum atomic E-state index is -0.510. The summed E-state index contributed by atoms with van der Waals surface area (Å²) in [6.07, 6.45) is 0.580. The molecular formula is C10H14FNO. The van der Waals surface area contributed by atoms with E-state index in [1.807, 2.05) is 14.0 Å². The van der Waals surface area contributed by atoms with E-state index in [-0.39, 0.29) is 11.8 Å².